The molecule has 1 saturated heterocycles. The minimum absolute atomic E-state index is 0.808. The standard InChI is InChI=1S/C11H14S2/c1-9-2-4-10(5-3-9)8-11-12-6-7-13-11/h2-5,11H,6-8H2,1H3. The summed E-state index contributed by atoms with van der Waals surface area (Å²) in [5, 5.41) is 0. The Labute approximate surface area is 88.5 Å². The summed E-state index contributed by atoms with van der Waals surface area (Å²) in [5.41, 5.74) is 2.84. The van der Waals surface area contributed by atoms with Crippen molar-refractivity contribution < 1.29 is 0 Å². The molecule has 0 N–H and O–H groups in total. The Bertz CT molecular complexity index is 260. The first-order valence-electron chi connectivity index (χ1n) is 4.63. The van der Waals surface area contributed by atoms with Crippen LogP contribution in [-0.4, -0.2) is 16.1 Å². The first kappa shape index (κ1) is 9.47. The van der Waals surface area contributed by atoms with E-state index < -0.39 is 0 Å². The second-order valence-electron chi connectivity index (χ2n) is 3.36. The maximum absolute atomic E-state index is 2.26. The van der Waals surface area contributed by atoms with Crippen molar-refractivity contribution in [2.75, 3.05) is 11.5 Å². The first-order valence-corrected chi connectivity index (χ1v) is 6.73. The van der Waals surface area contributed by atoms with Crippen LogP contribution in [0.25, 0.3) is 0 Å². The van der Waals surface area contributed by atoms with Gasteiger partial charge in [0.25, 0.3) is 0 Å². The highest BCUT2D eigenvalue weighted by atomic mass is 32.2. The molecule has 1 aliphatic heterocycles. The summed E-state index contributed by atoms with van der Waals surface area (Å²) in [7, 11) is 0. The number of rotatable bonds is 2. The molecule has 0 spiro atoms. The summed E-state index contributed by atoms with van der Waals surface area (Å²) in [6, 6.07) is 8.93. The van der Waals surface area contributed by atoms with Crippen LogP contribution in [0.3, 0.4) is 0 Å². The predicted molar refractivity (Wildman–Crippen MR) is 63.6 cm³/mol. The van der Waals surface area contributed by atoms with Gasteiger partial charge in [0, 0.05) is 11.5 Å². The van der Waals surface area contributed by atoms with Crippen molar-refractivity contribution in [1.82, 2.24) is 0 Å². The summed E-state index contributed by atoms with van der Waals surface area (Å²) in [4.78, 5) is 0. The predicted octanol–water partition coefficient (Wildman–Crippen LogP) is 3.34. The molecule has 0 unspecified atom stereocenters. The van der Waals surface area contributed by atoms with Crippen LogP contribution in [0.1, 0.15) is 11.1 Å². The molecule has 0 saturated carbocycles. The molecule has 0 nitrogen and oxygen atoms in total. The Morgan fingerprint density at radius 3 is 2.38 bits per heavy atom. The van der Waals surface area contributed by atoms with E-state index in [-0.39, 0.29) is 0 Å². The third-order valence-corrected chi connectivity index (χ3v) is 5.25. The van der Waals surface area contributed by atoms with Gasteiger partial charge in [-0.1, -0.05) is 29.8 Å². The lowest BCUT2D eigenvalue weighted by atomic mass is 10.1. The van der Waals surface area contributed by atoms with Gasteiger partial charge in [0.1, 0.15) is 0 Å². The van der Waals surface area contributed by atoms with Crippen molar-refractivity contribution in [3.8, 4) is 0 Å². The number of thioether (sulfide) groups is 2. The summed E-state index contributed by atoms with van der Waals surface area (Å²) >= 11 is 4.21. The first-order chi connectivity index (χ1) is 6.34. The van der Waals surface area contributed by atoms with Gasteiger partial charge in [-0.15, -0.1) is 23.5 Å². The Hall–Kier alpha value is -0.0800. The quantitative estimate of drug-likeness (QED) is 0.734. The topological polar surface area (TPSA) is 0 Å². The molecule has 1 aromatic carbocycles. The maximum atomic E-state index is 2.26. The van der Waals surface area contributed by atoms with Crippen LogP contribution < -0.4 is 0 Å². The fourth-order valence-corrected chi connectivity index (χ4v) is 4.32. The number of hydrogen-bond donors (Lipinski definition) is 0. The van der Waals surface area contributed by atoms with Crippen LogP contribution in [0.15, 0.2) is 24.3 Å². The summed E-state index contributed by atoms with van der Waals surface area (Å²) in [6.07, 6.45) is 1.23. The minimum Gasteiger partial charge on any atom is -0.146 e. The van der Waals surface area contributed by atoms with E-state index >= 15 is 0 Å². The van der Waals surface area contributed by atoms with Crippen LogP contribution in [0.5, 0.6) is 0 Å². The maximum Gasteiger partial charge on any atom is 0.0543 e. The largest absolute Gasteiger partial charge is 0.146 e. The molecule has 0 aromatic heterocycles. The third kappa shape index (κ3) is 2.68. The molecule has 2 rings (SSSR count). The lowest BCUT2D eigenvalue weighted by Gasteiger charge is -2.07. The zero-order chi connectivity index (χ0) is 9.10. The average Bonchev–Trinajstić information content (AvgIpc) is 2.62. The van der Waals surface area contributed by atoms with E-state index in [0.29, 0.717) is 0 Å². The van der Waals surface area contributed by atoms with Crippen LogP contribution >= 0.6 is 23.5 Å². The number of benzene rings is 1. The van der Waals surface area contributed by atoms with Gasteiger partial charge in [-0.2, -0.15) is 0 Å². The van der Waals surface area contributed by atoms with Gasteiger partial charge in [-0.25, -0.2) is 0 Å². The Morgan fingerprint density at radius 2 is 1.77 bits per heavy atom. The molecular formula is C11H14S2. The SMILES string of the molecule is Cc1ccc(CC2SCCS2)cc1. The van der Waals surface area contributed by atoms with Crippen LogP contribution in [0.2, 0.25) is 0 Å². The third-order valence-electron chi connectivity index (χ3n) is 2.21. The highest BCUT2D eigenvalue weighted by molar-refractivity contribution is 8.20. The lowest BCUT2D eigenvalue weighted by molar-refractivity contribution is 1.11. The van der Waals surface area contributed by atoms with Crippen molar-refractivity contribution in [2.45, 2.75) is 17.9 Å². The lowest BCUT2D eigenvalue weighted by Crippen LogP contribution is -1.97. The second-order valence-corrected chi connectivity index (χ2v) is 6.28. The zero-order valence-corrected chi connectivity index (χ0v) is 9.46. The van der Waals surface area contributed by atoms with E-state index in [4.69, 9.17) is 0 Å². The molecule has 13 heavy (non-hydrogen) atoms. The molecule has 1 heterocycles. The summed E-state index contributed by atoms with van der Waals surface area (Å²) < 4.78 is 0.808. The van der Waals surface area contributed by atoms with E-state index in [0.717, 1.165) is 4.58 Å². The van der Waals surface area contributed by atoms with Crippen LogP contribution in [0.4, 0.5) is 0 Å². The smallest absolute Gasteiger partial charge is 0.0543 e. The minimum atomic E-state index is 0.808. The van der Waals surface area contributed by atoms with Crippen molar-refractivity contribution in [1.29, 1.82) is 0 Å². The van der Waals surface area contributed by atoms with E-state index in [1.807, 2.05) is 0 Å². The summed E-state index contributed by atoms with van der Waals surface area (Å²) in [6.45, 7) is 2.14. The Morgan fingerprint density at radius 1 is 1.15 bits per heavy atom. The van der Waals surface area contributed by atoms with Crippen LogP contribution in [-0.2, 0) is 6.42 Å². The van der Waals surface area contributed by atoms with Gasteiger partial charge >= 0.3 is 0 Å². The molecule has 0 atom stereocenters. The van der Waals surface area contributed by atoms with Gasteiger partial charge < -0.3 is 0 Å². The molecule has 1 aliphatic rings. The average molecular weight is 210 g/mol. The van der Waals surface area contributed by atoms with E-state index in [1.54, 1.807) is 0 Å². The van der Waals surface area contributed by atoms with Crippen molar-refractivity contribution in [3.63, 3.8) is 0 Å². The fraction of sp³-hybridized carbons (Fsp3) is 0.455. The number of hydrogen-bond acceptors (Lipinski definition) is 2. The molecule has 0 bridgehead atoms. The zero-order valence-electron chi connectivity index (χ0n) is 7.82. The molecule has 0 aliphatic carbocycles. The van der Waals surface area contributed by atoms with Gasteiger partial charge in [0.05, 0.1) is 4.58 Å². The summed E-state index contributed by atoms with van der Waals surface area (Å²) in [5.74, 6) is 2.67. The van der Waals surface area contributed by atoms with E-state index in [9.17, 15) is 0 Å². The van der Waals surface area contributed by atoms with Gasteiger partial charge in [-0.05, 0) is 18.9 Å². The van der Waals surface area contributed by atoms with Gasteiger partial charge in [0.2, 0.25) is 0 Å². The second kappa shape index (κ2) is 4.43. The fourth-order valence-electron chi connectivity index (χ4n) is 1.44. The molecule has 2 heteroatoms. The van der Waals surface area contributed by atoms with E-state index in [2.05, 4.69) is 54.7 Å². The van der Waals surface area contributed by atoms with Gasteiger partial charge in [0.15, 0.2) is 0 Å². The van der Waals surface area contributed by atoms with Crippen molar-refractivity contribution >= 4 is 23.5 Å². The number of aryl methyl sites for hydroxylation is 1. The monoisotopic (exact) mass is 210 g/mol. The molecule has 0 radical (unpaired) electrons. The molecule has 70 valence electrons. The van der Waals surface area contributed by atoms with Gasteiger partial charge in [-0.3, -0.25) is 0 Å². The van der Waals surface area contributed by atoms with Crippen LogP contribution in [0, 0.1) is 6.92 Å². The normalized spacial score (nSPS) is 17.9. The van der Waals surface area contributed by atoms with Crippen molar-refractivity contribution in [3.05, 3.63) is 35.4 Å². The van der Waals surface area contributed by atoms with E-state index in [1.165, 1.54) is 29.1 Å². The Balaban J connectivity index is 1.97. The highest BCUT2D eigenvalue weighted by Crippen LogP contribution is 2.34. The molecule has 1 fully saturated rings. The van der Waals surface area contributed by atoms with Crippen molar-refractivity contribution in [2.24, 2.45) is 0 Å². The molecule has 0 amide bonds. The highest BCUT2D eigenvalue weighted by Gasteiger charge is 2.15. The molecule has 1 aromatic rings. The Kier molecular flexibility index (Phi) is 3.23. The molecular weight excluding hydrogens is 196 g/mol.